The summed E-state index contributed by atoms with van der Waals surface area (Å²) in [5.74, 6) is 0. The van der Waals surface area contributed by atoms with Crippen LogP contribution in [0, 0.1) is 0 Å². The second-order valence-corrected chi connectivity index (χ2v) is 5.06. The SMILES string of the molecule is CC(Br)CCCN(C)C(C)C. The van der Waals surface area contributed by atoms with Crippen molar-refractivity contribution in [2.24, 2.45) is 0 Å². The largest absolute Gasteiger partial charge is 0.304 e. The Morgan fingerprint density at radius 2 is 1.82 bits per heavy atom. The van der Waals surface area contributed by atoms with Gasteiger partial charge < -0.3 is 4.90 Å². The van der Waals surface area contributed by atoms with Crippen LogP contribution in [0.2, 0.25) is 0 Å². The molecule has 0 fully saturated rings. The van der Waals surface area contributed by atoms with Gasteiger partial charge in [0.2, 0.25) is 0 Å². The Morgan fingerprint density at radius 1 is 1.27 bits per heavy atom. The van der Waals surface area contributed by atoms with Crippen LogP contribution in [0.25, 0.3) is 0 Å². The van der Waals surface area contributed by atoms with E-state index in [9.17, 15) is 0 Å². The van der Waals surface area contributed by atoms with Crippen LogP contribution in [0.3, 0.4) is 0 Å². The number of hydrogen-bond donors (Lipinski definition) is 0. The lowest BCUT2D eigenvalue weighted by atomic mass is 10.2. The smallest absolute Gasteiger partial charge is 0.0118 e. The second kappa shape index (κ2) is 6.01. The highest BCUT2D eigenvalue weighted by molar-refractivity contribution is 9.09. The standard InChI is InChI=1S/C9H20BrN/c1-8(2)11(4)7-5-6-9(3)10/h8-9H,5-7H2,1-4H3. The molecule has 0 rings (SSSR count). The van der Waals surface area contributed by atoms with E-state index in [0.717, 1.165) is 0 Å². The molecular formula is C9H20BrN. The maximum atomic E-state index is 3.54. The third kappa shape index (κ3) is 6.82. The first-order chi connectivity index (χ1) is 5.04. The fourth-order valence-corrected chi connectivity index (χ4v) is 1.20. The van der Waals surface area contributed by atoms with Gasteiger partial charge in [0.15, 0.2) is 0 Å². The Labute approximate surface area is 79.3 Å². The van der Waals surface area contributed by atoms with Gasteiger partial charge in [-0.25, -0.2) is 0 Å². The Balaban J connectivity index is 3.24. The molecule has 2 heteroatoms. The summed E-state index contributed by atoms with van der Waals surface area (Å²) < 4.78 is 0. The van der Waals surface area contributed by atoms with E-state index in [1.165, 1.54) is 19.4 Å². The molecule has 1 atom stereocenters. The molecule has 1 nitrogen and oxygen atoms in total. The minimum absolute atomic E-state index is 0.670. The van der Waals surface area contributed by atoms with E-state index in [1.807, 2.05) is 0 Å². The zero-order chi connectivity index (χ0) is 8.85. The van der Waals surface area contributed by atoms with E-state index in [2.05, 4.69) is 48.6 Å². The fourth-order valence-electron chi connectivity index (χ4n) is 0.880. The molecule has 0 saturated carbocycles. The normalized spacial score (nSPS) is 14.5. The average molecular weight is 222 g/mol. The van der Waals surface area contributed by atoms with Crippen molar-refractivity contribution in [3.63, 3.8) is 0 Å². The van der Waals surface area contributed by atoms with Crippen molar-refractivity contribution in [2.75, 3.05) is 13.6 Å². The van der Waals surface area contributed by atoms with Gasteiger partial charge in [-0.3, -0.25) is 0 Å². The molecule has 0 N–H and O–H groups in total. The highest BCUT2D eigenvalue weighted by atomic mass is 79.9. The molecule has 68 valence electrons. The van der Waals surface area contributed by atoms with E-state index in [4.69, 9.17) is 0 Å². The molecular weight excluding hydrogens is 202 g/mol. The molecule has 0 spiro atoms. The van der Waals surface area contributed by atoms with E-state index in [-0.39, 0.29) is 0 Å². The summed E-state index contributed by atoms with van der Waals surface area (Å²) in [5, 5.41) is 0. The monoisotopic (exact) mass is 221 g/mol. The highest BCUT2D eigenvalue weighted by Gasteiger charge is 2.02. The fraction of sp³-hybridized carbons (Fsp3) is 1.00. The van der Waals surface area contributed by atoms with Crippen molar-refractivity contribution in [1.82, 2.24) is 4.90 Å². The topological polar surface area (TPSA) is 3.24 Å². The number of alkyl halides is 1. The Bertz CT molecular complexity index is 91.6. The van der Waals surface area contributed by atoms with Crippen LogP contribution >= 0.6 is 15.9 Å². The summed E-state index contributed by atoms with van der Waals surface area (Å²) in [4.78, 5) is 3.05. The molecule has 0 aromatic heterocycles. The number of rotatable bonds is 5. The molecule has 0 aromatic carbocycles. The van der Waals surface area contributed by atoms with Crippen molar-refractivity contribution in [1.29, 1.82) is 0 Å². The first kappa shape index (κ1) is 11.4. The molecule has 0 bridgehead atoms. The van der Waals surface area contributed by atoms with Crippen LogP contribution in [-0.4, -0.2) is 29.4 Å². The minimum Gasteiger partial charge on any atom is -0.304 e. The van der Waals surface area contributed by atoms with Gasteiger partial charge in [-0.05, 0) is 40.3 Å². The molecule has 0 aliphatic rings. The van der Waals surface area contributed by atoms with Gasteiger partial charge in [-0.2, -0.15) is 0 Å². The average Bonchev–Trinajstić information content (AvgIpc) is 1.86. The number of halogens is 1. The molecule has 11 heavy (non-hydrogen) atoms. The van der Waals surface area contributed by atoms with E-state index in [1.54, 1.807) is 0 Å². The van der Waals surface area contributed by atoms with Crippen LogP contribution in [0.15, 0.2) is 0 Å². The van der Waals surface area contributed by atoms with Gasteiger partial charge in [-0.1, -0.05) is 22.9 Å². The predicted molar refractivity (Wildman–Crippen MR) is 55.4 cm³/mol. The van der Waals surface area contributed by atoms with Crippen LogP contribution in [0.5, 0.6) is 0 Å². The summed E-state index contributed by atoms with van der Waals surface area (Å²) in [7, 11) is 2.18. The summed E-state index contributed by atoms with van der Waals surface area (Å²) in [6, 6.07) is 0.681. The lowest BCUT2D eigenvalue weighted by Gasteiger charge is -2.20. The number of nitrogens with zero attached hydrogens (tertiary/aromatic N) is 1. The summed E-state index contributed by atoms with van der Waals surface area (Å²) in [6.45, 7) is 7.89. The van der Waals surface area contributed by atoms with Crippen LogP contribution in [0.1, 0.15) is 33.6 Å². The Morgan fingerprint density at radius 3 is 2.18 bits per heavy atom. The summed E-state index contributed by atoms with van der Waals surface area (Å²) in [5.41, 5.74) is 0. The highest BCUT2D eigenvalue weighted by Crippen LogP contribution is 2.07. The van der Waals surface area contributed by atoms with Crippen molar-refractivity contribution in [2.45, 2.75) is 44.5 Å². The second-order valence-electron chi connectivity index (χ2n) is 3.50. The molecule has 0 radical (unpaired) electrons. The van der Waals surface area contributed by atoms with Crippen LogP contribution < -0.4 is 0 Å². The van der Waals surface area contributed by atoms with Gasteiger partial charge in [0, 0.05) is 10.9 Å². The van der Waals surface area contributed by atoms with Crippen LogP contribution in [0.4, 0.5) is 0 Å². The van der Waals surface area contributed by atoms with Crippen LogP contribution in [-0.2, 0) is 0 Å². The third-order valence-corrected chi connectivity index (χ3v) is 2.45. The van der Waals surface area contributed by atoms with Gasteiger partial charge in [0.1, 0.15) is 0 Å². The maximum Gasteiger partial charge on any atom is 0.0118 e. The molecule has 0 aliphatic carbocycles. The van der Waals surface area contributed by atoms with Crippen molar-refractivity contribution >= 4 is 15.9 Å². The number of hydrogen-bond acceptors (Lipinski definition) is 1. The van der Waals surface area contributed by atoms with Gasteiger partial charge in [0.05, 0.1) is 0 Å². The molecule has 0 saturated heterocycles. The first-order valence-corrected chi connectivity index (χ1v) is 5.30. The first-order valence-electron chi connectivity index (χ1n) is 4.38. The molecule has 0 aromatic rings. The van der Waals surface area contributed by atoms with Crippen molar-refractivity contribution < 1.29 is 0 Å². The Kier molecular flexibility index (Phi) is 6.25. The lowest BCUT2D eigenvalue weighted by molar-refractivity contribution is 0.268. The molecule has 0 heterocycles. The third-order valence-electron chi connectivity index (χ3n) is 1.99. The van der Waals surface area contributed by atoms with Gasteiger partial charge >= 0.3 is 0 Å². The van der Waals surface area contributed by atoms with Crippen molar-refractivity contribution in [3.05, 3.63) is 0 Å². The maximum absolute atomic E-state index is 3.54. The van der Waals surface area contributed by atoms with E-state index < -0.39 is 0 Å². The predicted octanol–water partition coefficient (Wildman–Crippen LogP) is 2.89. The van der Waals surface area contributed by atoms with E-state index in [0.29, 0.717) is 10.9 Å². The zero-order valence-electron chi connectivity index (χ0n) is 8.10. The molecule has 1 unspecified atom stereocenters. The lowest BCUT2D eigenvalue weighted by Crippen LogP contribution is -2.27. The van der Waals surface area contributed by atoms with Gasteiger partial charge in [0.25, 0.3) is 0 Å². The Hall–Kier alpha value is 0.440. The van der Waals surface area contributed by atoms with Crippen molar-refractivity contribution in [3.8, 4) is 0 Å². The summed E-state index contributed by atoms with van der Waals surface area (Å²) in [6.07, 6.45) is 2.57. The summed E-state index contributed by atoms with van der Waals surface area (Å²) >= 11 is 3.54. The quantitative estimate of drug-likeness (QED) is 0.646. The zero-order valence-corrected chi connectivity index (χ0v) is 9.69. The van der Waals surface area contributed by atoms with Gasteiger partial charge in [-0.15, -0.1) is 0 Å². The molecule has 0 aliphatic heterocycles. The minimum atomic E-state index is 0.670. The molecule has 0 amide bonds. The van der Waals surface area contributed by atoms with E-state index >= 15 is 0 Å².